The van der Waals surface area contributed by atoms with Crippen LogP contribution in [0.25, 0.3) is 0 Å². The highest BCUT2D eigenvalue weighted by atomic mass is 32.2. The van der Waals surface area contributed by atoms with Crippen molar-refractivity contribution in [3.63, 3.8) is 0 Å². The molecule has 0 aromatic heterocycles. The topological polar surface area (TPSA) is 63.0 Å². The molecule has 3 heteroatoms. The van der Waals surface area contributed by atoms with Crippen molar-refractivity contribution in [2.75, 3.05) is 6.26 Å². The van der Waals surface area contributed by atoms with Crippen molar-refractivity contribution < 1.29 is 11.0 Å². The lowest BCUT2D eigenvalue weighted by molar-refractivity contribution is 0.823. The Labute approximate surface area is 77.6 Å². The summed E-state index contributed by atoms with van der Waals surface area (Å²) < 4.78 is 0. The fourth-order valence-electron chi connectivity index (χ4n) is 0.861. The maximum absolute atomic E-state index is 2.19. The minimum atomic E-state index is 0. The van der Waals surface area contributed by atoms with Gasteiger partial charge in [-0.25, -0.2) is 0 Å². The zero-order chi connectivity index (χ0) is 7.40. The van der Waals surface area contributed by atoms with E-state index >= 15 is 0 Å². The van der Waals surface area contributed by atoms with Crippen LogP contribution >= 0.6 is 11.8 Å². The van der Waals surface area contributed by atoms with E-state index in [2.05, 4.69) is 37.4 Å². The zero-order valence-electron chi connectivity index (χ0n) is 7.42. The Kier molecular flexibility index (Phi) is 8.37. The first-order valence-corrected chi connectivity index (χ1v) is 4.72. The van der Waals surface area contributed by atoms with Gasteiger partial charge in [-0.2, -0.15) is 0 Å². The van der Waals surface area contributed by atoms with Crippen molar-refractivity contribution in [2.45, 2.75) is 18.2 Å². The van der Waals surface area contributed by atoms with Gasteiger partial charge in [-0.1, -0.05) is 19.1 Å². The lowest BCUT2D eigenvalue weighted by Crippen LogP contribution is -1.77. The van der Waals surface area contributed by atoms with Gasteiger partial charge in [0.2, 0.25) is 0 Å². The monoisotopic (exact) mass is 188 g/mol. The van der Waals surface area contributed by atoms with Crippen LogP contribution in [-0.4, -0.2) is 17.2 Å². The van der Waals surface area contributed by atoms with Crippen molar-refractivity contribution in [1.82, 2.24) is 0 Å². The number of rotatable bonds is 2. The van der Waals surface area contributed by atoms with E-state index in [0.29, 0.717) is 0 Å². The number of hydrogen-bond acceptors (Lipinski definition) is 1. The third-order valence-electron chi connectivity index (χ3n) is 1.57. The van der Waals surface area contributed by atoms with Crippen LogP contribution in [0.3, 0.4) is 0 Å². The smallest absolute Gasteiger partial charge is 0.00693 e. The lowest BCUT2D eigenvalue weighted by atomic mass is 10.2. The van der Waals surface area contributed by atoms with Crippen molar-refractivity contribution in [3.8, 4) is 0 Å². The van der Waals surface area contributed by atoms with Crippen molar-refractivity contribution in [2.24, 2.45) is 0 Å². The molecule has 2 nitrogen and oxygen atoms in total. The fourth-order valence-corrected chi connectivity index (χ4v) is 1.27. The average molecular weight is 188 g/mol. The Morgan fingerprint density at radius 2 is 1.58 bits per heavy atom. The van der Waals surface area contributed by atoms with Crippen LogP contribution in [0.4, 0.5) is 0 Å². The van der Waals surface area contributed by atoms with Gasteiger partial charge in [-0.15, -0.1) is 11.8 Å². The van der Waals surface area contributed by atoms with Crippen LogP contribution in [-0.2, 0) is 6.42 Å². The molecule has 0 aliphatic carbocycles. The summed E-state index contributed by atoms with van der Waals surface area (Å²) in [6, 6.07) is 8.71. The van der Waals surface area contributed by atoms with Crippen LogP contribution < -0.4 is 0 Å². The van der Waals surface area contributed by atoms with E-state index in [-0.39, 0.29) is 11.0 Å². The second-order valence-corrected chi connectivity index (χ2v) is 3.08. The predicted octanol–water partition coefficient (Wildman–Crippen LogP) is 1.32. The van der Waals surface area contributed by atoms with Crippen LogP contribution in [0.2, 0.25) is 0 Å². The summed E-state index contributed by atoms with van der Waals surface area (Å²) in [6.07, 6.45) is 3.23. The van der Waals surface area contributed by atoms with E-state index in [1.165, 1.54) is 10.5 Å². The largest absolute Gasteiger partial charge is 0.412 e. The van der Waals surface area contributed by atoms with Crippen molar-refractivity contribution >= 4 is 11.8 Å². The third kappa shape index (κ3) is 3.76. The molecular weight excluding hydrogens is 172 g/mol. The van der Waals surface area contributed by atoms with E-state index in [1.54, 1.807) is 11.8 Å². The van der Waals surface area contributed by atoms with Gasteiger partial charge in [0.05, 0.1) is 0 Å². The molecule has 0 aliphatic heterocycles. The highest BCUT2D eigenvalue weighted by molar-refractivity contribution is 7.98. The fraction of sp³-hybridized carbons (Fsp3) is 0.333. The van der Waals surface area contributed by atoms with Crippen molar-refractivity contribution in [1.29, 1.82) is 0 Å². The molecule has 1 rings (SSSR count). The minimum absolute atomic E-state index is 0. The molecule has 12 heavy (non-hydrogen) atoms. The van der Waals surface area contributed by atoms with Gasteiger partial charge >= 0.3 is 0 Å². The van der Waals surface area contributed by atoms with E-state index < -0.39 is 0 Å². The Bertz CT molecular complexity index is 173. The molecule has 0 heterocycles. The first-order chi connectivity index (χ1) is 4.86. The van der Waals surface area contributed by atoms with Gasteiger partial charge in [0.1, 0.15) is 0 Å². The number of thioether (sulfide) groups is 1. The molecule has 0 aliphatic rings. The summed E-state index contributed by atoms with van der Waals surface area (Å²) >= 11 is 1.79. The molecule has 0 saturated carbocycles. The Hall–Kier alpha value is -0.510. The second kappa shape index (κ2) is 7.16. The number of benzene rings is 1. The molecule has 0 bridgehead atoms. The summed E-state index contributed by atoms with van der Waals surface area (Å²) in [7, 11) is 0. The number of aryl methyl sites for hydroxylation is 1. The molecule has 1 aromatic rings. The van der Waals surface area contributed by atoms with E-state index in [9.17, 15) is 0 Å². The molecule has 70 valence electrons. The van der Waals surface area contributed by atoms with E-state index in [0.717, 1.165) is 6.42 Å². The SMILES string of the molecule is CCc1ccc(SC)cc1.O.O. The molecular formula is C9H16O2S. The van der Waals surface area contributed by atoms with Gasteiger partial charge in [-0.05, 0) is 30.4 Å². The lowest BCUT2D eigenvalue weighted by Gasteiger charge is -1.97. The van der Waals surface area contributed by atoms with Gasteiger partial charge in [0.15, 0.2) is 0 Å². The van der Waals surface area contributed by atoms with Gasteiger partial charge in [0, 0.05) is 4.90 Å². The molecule has 0 radical (unpaired) electrons. The maximum atomic E-state index is 2.19. The third-order valence-corrected chi connectivity index (χ3v) is 2.31. The molecule has 0 atom stereocenters. The van der Waals surface area contributed by atoms with Gasteiger partial charge in [-0.3, -0.25) is 0 Å². The van der Waals surface area contributed by atoms with Crippen molar-refractivity contribution in [3.05, 3.63) is 29.8 Å². The molecule has 0 saturated heterocycles. The minimum Gasteiger partial charge on any atom is -0.412 e. The number of hydrogen-bond donors (Lipinski definition) is 0. The van der Waals surface area contributed by atoms with Crippen LogP contribution in [0.15, 0.2) is 29.2 Å². The highest BCUT2D eigenvalue weighted by Crippen LogP contribution is 2.14. The van der Waals surface area contributed by atoms with Crippen LogP contribution in [0, 0.1) is 0 Å². The molecule has 0 amide bonds. The summed E-state index contributed by atoms with van der Waals surface area (Å²) in [5.74, 6) is 0. The zero-order valence-corrected chi connectivity index (χ0v) is 8.24. The maximum Gasteiger partial charge on any atom is 0.00693 e. The summed E-state index contributed by atoms with van der Waals surface area (Å²) in [4.78, 5) is 1.34. The van der Waals surface area contributed by atoms with E-state index in [4.69, 9.17) is 0 Å². The van der Waals surface area contributed by atoms with Gasteiger partial charge in [0.25, 0.3) is 0 Å². The first kappa shape index (κ1) is 14.0. The molecule has 4 N–H and O–H groups in total. The first-order valence-electron chi connectivity index (χ1n) is 3.49. The molecule has 1 aromatic carbocycles. The average Bonchev–Trinajstić information content (AvgIpc) is 2.05. The quantitative estimate of drug-likeness (QED) is 0.646. The Balaban J connectivity index is 0. The summed E-state index contributed by atoms with van der Waals surface area (Å²) in [5, 5.41) is 0. The Morgan fingerprint density at radius 3 is 1.92 bits per heavy atom. The standard InChI is InChI=1S/C9H12S.2H2O/c1-3-8-4-6-9(10-2)7-5-8;;/h4-7H,3H2,1-2H3;2*1H2. The normalized spacial score (nSPS) is 8.17. The van der Waals surface area contributed by atoms with E-state index in [1.807, 2.05) is 0 Å². The summed E-state index contributed by atoms with van der Waals surface area (Å²) in [6.45, 7) is 2.17. The molecule has 0 spiro atoms. The second-order valence-electron chi connectivity index (χ2n) is 2.20. The summed E-state index contributed by atoms with van der Waals surface area (Å²) in [5.41, 5.74) is 1.41. The Morgan fingerprint density at radius 1 is 1.08 bits per heavy atom. The van der Waals surface area contributed by atoms with Crippen LogP contribution in [0.1, 0.15) is 12.5 Å². The molecule has 0 fully saturated rings. The highest BCUT2D eigenvalue weighted by Gasteiger charge is 1.88. The van der Waals surface area contributed by atoms with Crippen LogP contribution in [0.5, 0.6) is 0 Å². The molecule has 0 unspecified atom stereocenters. The predicted molar refractivity (Wildman–Crippen MR) is 54.8 cm³/mol. The van der Waals surface area contributed by atoms with Gasteiger partial charge < -0.3 is 11.0 Å².